The number of furan rings is 1. The van der Waals surface area contributed by atoms with Crippen molar-refractivity contribution in [2.24, 2.45) is 5.10 Å². The van der Waals surface area contributed by atoms with Gasteiger partial charge in [-0.3, -0.25) is 5.43 Å². The van der Waals surface area contributed by atoms with E-state index < -0.39 is 0 Å². The molecule has 0 saturated carbocycles. The second-order valence-electron chi connectivity index (χ2n) is 7.29. The minimum absolute atomic E-state index is 0.543. The average Bonchev–Trinajstić information content (AvgIpc) is 3.08. The molecule has 1 aromatic heterocycles. The molecule has 0 spiro atoms. The highest BCUT2D eigenvalue weighted by Crippen LogP contribution is 2.27. The Labute approximate surface area is 172 Å². The number of nitrogens with one attached hydrogen (secondary N) is 3. The average molecular weight is 404 g/mol. The summed E-state index contributed by atoms with van der Waals surface area (Å²) in [5.41, 5.74) is 7.07. The summed E-state index contributed by atoms with van der Waals surface area (Å²) in [6, 6.07) is 6.26. The lowest BCUT2D eigenvalue weighted by Gasteiger charge is -2.23. The van der Waals surface area contributed by atoms with Gasteiger partial charge in [0, 0.05) is 23.9 Å². The number of morpholine rings is 1. The van der Waals surface area contributed by atoms with Crippen LogP contribution in [0.5, 0.6) is 0 Å². The number of quaternary nitrogens is 1. The van der Waals surface area contributed by atoms with Crippen molar-refractivity contribution >= 4 is 34.0 Å². The van der Waals surface area contributed by atoms with Crippen LogP contribution in [0.4, 0.5) is 0 Å². The van der Waals surface area contributed by atoms with Gasteiger partial charge in [-0.25, -0.2) is 0 Å². The first-order valence-electron chi connectivity index (χ1n) is 10.1. The lowest BCUT2D eigenvalue weighted by atomic mass is 10.0. The Morgan fingerprint density at radius 1 is 1.29 bits per heavy atom. The van der Waals surface area contributed by atoms with Crippen molar-refractivity contribution in [3.05, 3.63) is 35.1 Å². The third-order valence-corrected chi connectivity index (χ3v) is 5.38. The highest BCUT2D eigenvalue weighted by molar-refractivity contribution is 7.80. The van der Waals surface area contributed by atoms with E-state index >= 15 is 0 Å². The Kier molecular flexibility index (Phi) is 7.42. The van der Waals surface area contributed by atoms with E-state index in [-0.39, 0.29) is 0 Å². The molecule has 1 saturated heterocycles. The highest BCUT2D eigenvalue weighted by Gasteiger charge is 2.16. The fraction of sp³-hybridized carbons (Fsp3) is 0.524. The molecule has 1 aliphatic heterocycles. The van der Waals surface area contributed by atoms with E-state index in [4.69, 9.17) is 21.4 Å². The highest BCUT2D eigenvalue weighted by atomic mass is 32.1. The second-order valence-corrected chi connectivity index (χ2v) is 7.70. The zero-order chi connectivity index (χ0) is 19.9. The van der Waals surface area contributed by atoms with Crippen LogP contribution in [0.15, 0.2) is 27.7 Å². The third-order valence-electron chi connectivity index (χ3n) is 5.15. The Hall–Kier alpha value is -1.96. The van der Waals surface area contributed by atoms with Crippen LogP contribution < -0.4 is 15.6 Å². The number of benzene rings is 1. The summed E-state index contributed by atoms with van der Waals surface area (Å²) < 4.78 is 11.4. The van der Waals surface area contributed by atoms with Crippen molar-refractivity contribution < 1.29 is 14.1 Å². The van der Waals surface area contributed by atoms with Crippen molar-refractivity contribution in [3.63, 3.8) is 0 Å². The van der Waals surface area contributed by atoms with Crippen molar-refractivity contribution in [2.45, 2.75) is 33.6 Å². The van der Waals surface area contributed by atoms with Crippen LogP contribution in [0.1, 0.15) is 37.2 Å². The fourth-order valence-electron chi connectivity index (χ4n) is 3.58. The summed E-state index contributed by atoms with van der Waals surface area (Å²) in [5.74, 6) is 0.828. The standard InChI is InChI=1S/C21H30N4O2S/c1-4-17-18-14-15(2)6-7-19(18)27-20(17)16(3)23-24-21(28)22-8-5-9-25-10-12-26-13-11-25/h6-7,14H,4-5,8-13H2,1-3H3,(H2,22,24,28)/p+1/b23-16-. The maximum Gasteiger partial charge on any atom is 0.186 e. The van der Waals surface area contributed by atoms with Crippen molar-refractivity contribution in [3.8, 4) is 0 Å². The molecular weight excluding hydrogens is 372 g/mol. The zero-order valence-electron chi connectivity index (χ0n) is 17.1. The van der Waals surface area contributed by atoms with Gasteiger partial charge in [-0.2, -0.15) is 5.10 Å². The van der Waals surface area contributed by atoms with Gasteiger partial charge in [-0.05, 0) is 44.6 Å². The summed E-state index contributed by atoms with van der Waals surface area (Å²) in [6.45, 7) is 12.1. The molecule has 28 heavy (non-hydrogen) atoms. The molecule has 7 heteroatoms. The van der Waals surface area contributed by atoms with E-state index in [2.05, 4.69) is 41.8 Å². The number of nitrogens with zero attached hydrogens (tertiary/aromatic N) is 1. The number of thiocarbonyl (C=S) groups is 1. The van der Waals surface area contributed by atoms with Crippen molar-refractivity contribution in [1.82, 2.24) is 10.7 Å². The number of ether oxygens (including phenoxy) is 1. The fourth-order valence-corrected chi connectivity index (χ4v) is 3.73. The molecule has 3 rings (SSSR count). The normalized spacial score (nSPS) is 15.8. The van der Waals surface area contributed by atoms with E-state index in [0.29, 0.717) is 5.11 Å². The first-order chi connectivity index (χ1) is 13.6. The smallest absolute Gasteiger partial charge is 0.186 e. The molecule has 2 aromatic rings. The van der Waals surface area contributed by atoms with Crippen LogP contribution in [-0.2, 0) is 11.2 Å². The topological polar surface area (TPSA) is 63.2 Å². The first-order valence-corrected chi connectivity index (χ1v) is 10.5. The first kappa shape index (κ1) is 20.8. The third kappa shape index (κ3) is 5.31. The molecule has 0 aliphatic carbocycles. The second kappa shape index (κ2) is 10.0. The van der Waals surface area contributed by atoms with Crippen LogP contribution in [0, 0.1) is 6.92 Å². The van der Waals surface area contributed by atoms with Gasteiger partial charge in [0.05, 0.1) is 19.8 Å². The summed E-state index contributed by atoms with van der Waals surface area (Å²) >= 11 is 5.35. The number of fused-ring (bicyclic) bond motifs is 1. The predicted octanol–water partition coefficient (Wildman–Crippen LogP) is 1.80. The molecule has 1 aliphatic rings. The van der Waals surface area contributed by atoms with E-state index in [9.17, 15) is 0 Å². The predicted molar refractivity (Wildman–Crippen MR) is 117 cm³/mol. The molecule has 152 valence electrons. The summed E-state index contributed by atoms with van der Waals surface area (Å²) in [7, 11) is 0. The molecule has 1 aromatic carbocycles. The molecule has 2 heterocycles. The summed E-state index contributed by atoms with van der Waals surface area (Å²) in [6.07, 6.45) is 1.97. The molecule has 1 fully saturated rings. The quantitative estimate of drug-likeness (QED) is 0.285. The SMILES string of the molecule is CCc1c(/C(C)=N\NC(=S)NCCC[NH+]2CCOCC2)oc2ccc(C)cc12. The zero-order valence-corrected chi connectivity index (χ0v) is 17.9. The number of hydrogen-bond donors (Lipinski definition) is 3. The molecule has 0 bridgehead atoms. The maximum absolute atomic E-state index is 6.06. The number of hydrogen-bond acceptors (Lipinski definition) is 4. The molecule has 6 nitrogen and oxygen atoms in total. The molecule has 0 atom stereocenters. The van der Waals surface area contributed by atoms with E-state index in [1.807, 2.05) is 13.0 Å². The minimum Gasteiger partial charge on any atom is -0.454 e. The Balaban J connectivity index is 1.52. The largest absolute Gasteiger partial charge is 0.454 e. The van der Waals surface area contributed by atoms with Crippen LogP contribution in [-0.4, -0.2) is 50.2 Å². The van der Waals surface area contributed by atoms with Gasteiger partial charge in [0.25, 0.3) is 0 Å². The monoisotopic (exact) mass is 403 g/mol. The van der Waals surface area contributed by atoms with Gasteiger partial charge in [-0.1, -0.05) is 18.6 Å². The molecular formula is C21H31N4O2S+. The van der Waals surface area contributed by atoms with Gasteiger partial charge in [0.2, 0.25) is 0 Å². The molecule has 3 N–H and O–H groups in total. The van der Waals surface area contributed by atoms with Gasteiger partial charge < -0.3 is 19.4 Å². The Morgan fingerprint density at radius 2 is 2.07 bits per heavy atom. The van der Waals surface area contributed by atoms with Gasteiger partial charge in [-0.15, -0.1) is 0 Å². The van der Waals surface area contributed by atoms with Crippen LogP contribution in [0.3, 0.4) is 0 Å². The van der Waals surface area contributed by atoms with E-state index in [1.54, 1.807) is 4.90 Å². The van der Waals surface area contributed by atoms with E-state index in [0.717, 1.165) is 69.3 Å². The number of aryl methyl sites for hydroxylation is 2. The minimum atomic E-state index is 0.543. The van der Waals surface area contributed by atoms with Crippen LogP contribution in [0.2, 0.25) is 0 Å². The van der Waals surface area contributed by atoms with Gasteiger partial charge >= 0.3 is 0 Å². The Morgan fingerprint density at radius 3 is 2.82 bits per heavy atom. The lowest BCUT2D eigenvalue weighted by molar-refractivity contribution is -0.908. The van der Waals surface area contributed by atoms with E-state index in [1.165, 1.54) is 16.5 Å². The van der Waals surface area contributed by atoms with Gasteiger partial charge in [0.1, 0.15) is 24.4 Å². The summed E-state index contributed by atoms with van der Waals surface area (Å²) in [5, 5.41) is 9.37. The molecule has 0 radical (unpaired) electrons. The maximum atomic E-state index is 6.06. The molecule has 0 amide bonds. The van der Waals surface area contributed by atoms with Crippen molar-refractivity contribution in [2.75, 3.05) is 39.4 Å². The van der Waals surface area contributed by atoms with Crippen LogP contribution >= 0.6 is 12.2 Å². The van der Waals surface area contributed by atoms with Crippen molar-refractivity contribution in [1.29, 1.82) is 0 Å². The Bertz CT molecular complexity index is 840. The molecule has 0 unspecified atom stereocenters. The van der Waals surface area contributed by atoms with Gasteiger partial charge in [0.15, 0.2) is 10.9 Å². The summed E-state index contributed by atoms with van der Waals surface area (Å²) in [4.78, 5) is 1.60. The van der Waals surface area contributed by atoms with Crippen LogP contribution in [0.25, 0.3) is 11.0 Å². The number of rotatable bonds is 7. The lowest BCUT2D eigenvalue weighted by Crippen LogP contribution is -3.14. The number of hydrazone groups is 1.